The standard InChI is InChI=1S/C18H20N4OS/c1-18(7-9-24-17(19)22-18)16-6-2-4-14(10-16)12-21-23-13-15-5-3-8-20-11-15/h2-6,8,10-12H,7,9,13H2,1H3,(H2,19,22). The van der Waals surface area contributed by atoms with Crippen molar-refractivity contribution in [2.75, 3.05) is 5.75 Å². The zero-order valence-electron chi connectivity index (χ0n) is 13.6. The predicted molar refractivity (Wildman–Crippen MR) is 99.1 cm³/mol. The second-order valence-corrected chi connectivity index (χ2v) is 6.93. The Balaban J connectivity index is 1.67. The molecule has 0 saturated heterocycles. The maximum atomic E-state index is 5.90. The summed E-state index contributed by atoms with van der Waals surface area (Å²) in [6.45, 7) is 2.52. The van der Waals surface area contributed by atoms with Crippen molar-refractivity contribution in [1.82, 2.24) is 4.98 Å². The van der Waals surface area contributed by atoms with Gasteiger partial charge in [0.05, 0.1) is 11.8 Å². The highest BCUT2D eigenvalue weighted by molar-refractivity contribution is 8.13. The van der Waals surface area contributed by atoms with Crippen LogP contribution in [0.2, 0.25) is 0 Å². The first-order valence-electron chi connectivity index (χ1n) is 7.79. The van der Waals surface area contributed by atoms with Crippen LogP contribution in [0, 0.1) is 0 Å². The smallest absolute Gasteiger partial charge is 0.154 e. The number of pyridine rings is 1. The Morgan fingerprint density at radius 2 is 2.29 bits per heavy atom. The molecule has 0 fully saturated rings. The van der Waals surface area contributed by atoms with Crippen LogP contribution < -0.4 is 5.73 Å². The van der Waals surface area contributed by atoms with Crippen LogP contribution in [0.15, 0.2) is 58.9 Å². The minimum Gasteiger partial charge on any atom is -0.391 e. The molecule has 2 heterocycles. The van der Waals surface area contributed by atoms with Crippen LogP contribution in [-0.2, 0) is 17.0 Å². The first kappa shape index (κ1) is 16.5. The van der Waals surface area contributed by atoms with Crippen molar-refractivity contribution < 1.29 is 4.84 Å². The van der Waals surface area contributed by atoms with Crippen LogP contribution in [-0.4, -0.2) is 22.1 Å². The highest BCUT2D eigenvalue weighted by Gasteiger charge is 2.29. The second kappa shape index (κ2) is 7.49. The molecule has 3 rings (SSSR count). The number of hydrogen-bond acceptors (Lipinski definition) is 6. The van der Waals surface area contributed by atoms with E-state index < -0.39 is 0 Å². The molecule has 1 unspecified atom stereocenters. The maximum absolute atomic E-state index is 5.90. The molecule has 2 N–H and O–H groups in total. The number of rotatable bonds is 5. The molecule has 5 nitrogen and oxygen atoms in total. The minimum absolute atomic E-state index is 0.268. The van der Waals surface area contributed by atoms with E-state index in [4.69, 9.17) is 10.6 Å². The number of nitrogens with zero attached hydrogens (tertiary/aromatic N) is 3. The van der Waals surface area contributed by atoms with Crippen molar-refractivity contribution in [2.45, 2.75) is 25.5 Å². The summed E-state index contributed by atoms with van der Waals surface area (Å²) in [5.41, 5.74) is 8.74. The van der Waals surface area contributed by atoms with E-state index in [0.29, 0.717) is 11.8 Å². The van der Waals surface area contributed by atoms with Crippen molar-refractivity contribution in [3.63, 3.8) is 0 Å². The minimum atomic E-state index is -0.268. The van der Waals surface area contributed by atoms with Gasteiger partial charge in [0.25, 0.3) is 0 Å². The number of oxime groups is 1. The molecular weight excluding hydrogens is 320 g/mol. The van der Waals surface area contributed by atoms with Gasteiger partial charge in [-0.2, -0.15) is 0 Å². The van der Waals surface area contributed by atoms with Crippen molar-refractivity contribution >= 4 is 23.1 Å². The number of aliphatic imine (C=N–C) groups is 1. The molecule has 0 radical (unpaired) electrons. The second-order valence-electron chi connectivity index (χ2n) is 5.82. The summed E-state index contributed by atoms with van der Waals surface area (Å²) in [4.78, 5) is 14.0. The summed E-state index contributed by atoms with van der Waals surface area (Å²) in [6.07, 6.45) is 6.18. The largest absolute Gasteiger partial charge is 0.391 e. The van der Waals surface area contributed by atoms with E-state index in [1.54, 1.807) is 30.4 Å². The highest BCUT2D eigenvalue weighted by Crippen LogP contribution is 2.35. The molecule has 0 amide bonds. The van der Waals surface area contributed by atoms with Gasteiger partial charge in [0.2, 0.25) is 0 Å². The molecule has 1 atom stereocenters. The summed E-state index contributed by atoms with van der Waals surface area (Å²) >= 11 is 1.61. The first-order valence-corrected chi connectivity index (χ1v) is 8.77. The zero-order valence-corrected chi connectivity index (χ0v) is 14.4. The van der Waals surface area contributed by atoms with Crippen molar-refractivity contribution in [1.29, 1.82) is 0 Å². The molecule has 2 aromatic rings. The molecule has 1 aromatic carbocycles. The third-order valence-corrected chi connectivity index (χ3v) is 4.73. The molecule has 1 aromatic heterocycles. The van der Waals surface area contributed by atoms with Gasteiger partial charge in [-0.3, -0.25) is 9.98 Å². The van der Waals surface area contributed by atoms with Crippen LogP contribution >= 0.6 is 11.8 Å². The molecule has 1 aliphatic heterocycles. The van der Waals surface area contributed by atoms with E-state index in [0.717, 1.165) is 28.9 Å². The van der Waals surface area contributed by atoms with E-state index >= 15 is 0 Å². The number of thioether (sulfide) groups is 1. The summed E-state index contributed by atoms with van der Waals surface area (Å²) < 4.78 is 0. The van der Waals surface area contributed by atoms with Crippen molar-refractivity contribution in [2.24, 2.45) is 15.9 Å². The number of aromatic nitrogens is 1. The Kier molecular flexibility index (Phi) is 5.15. The van der Waals surface area contributed by atoms with Gasteiger partial charge in [-0.05, 0) is 36.6 Å². The fraction of sp³-hybridized carbons (Fsp3) is 0.278. The quantitative estimate of drug-likeness (QED) is 0.669. The average Bonchev–Trinajstić information content (AvgIpc) is 2.60. The topological polar surface area (TPSA) is 72.9 Å². The van der Waals surface area contributed by atoms with Gasteiger partial charge in [-0.1, -0.05) is 41.2 Å². The van der Waals surface area contributed by atoms with E-state index in [1.807, 2.05) is 24.3 Å². The summed E-state index contributed by atoms with van der Waals surface area (Å²) in [5, 5.41) is 4.70. The Hall–Kier alpha value is -2.34. The third-order valence-electron chi connectivity index (χ3n) is 3.93. The van der Waals surface area contributed by atoms with Crippen molar-refractivity contribution in [3.8, 4) is 0 Å². The lowest BCUT2D eigenvalue weighted by molar-refractivity contribution is 0.132. The molecule has 1 aliphatic rings. The monoisotopic (exact) mass is 340 g/mol. The van der Waals surface area contributed by atoms with Crippen LogP contribution in [0.3, 0.4) is 0 Å². The summed E-state index contributed by atoms with van der Waals surface area (Å²) in [5.74, 6) is 0.984. The normalized spacial score (nSPS) is 20.8. The number of amidine groups is 1. The van der Waals surface area contributed by atoms with Crippen LogP contribution in [0.1, 0.15) is 30.0 Å². The Bertz CT molecular complexity index is 748. The van der Waals surface area contributed by atoms with Crippen LogP contribution in [0.25, 0.3) is 0 Å². The Morgan fingerprint density at radius 1 is 1.38 bits per heavy atom. The van der Waals surface area contributed by atoms with Gasteiger partial charge in [-0.25, -0.2) is 0 Å². The fourth-order valence-electron chi connectivity index (χ4n) is 2.54. The molecule has 6 heteroatoms. The van der Waals surface area contributed by atoms with E-state index in [-0.39, 0.29) is 5.54 Å². The van der Waals surface area contributed by atoms with Gasteiger partial charge < -0.3 is 10.6 Å². The zero-order chi connectivity index (χ0) is 16.8. The summed E-state index contributed by atoms with van der Waals surface area (Å²) in [7, 11) is 0. The molecule has 0 spiro atoms. The number of benzene rings is 1. The van der Waals surface area contributed by atoms with E-state index in [2.05, 4.69) is 34.2 Å². The SMILES string of the molecule is CC1(c2cccc(C=NOCc3cccnc3)c2)CCSC(N)=N1. The number of hydrogen-bond donors (Lipinski definition) is 1. The lowest BCUT2D eigenvalue weighted by Crippen LogP contribution is -2.28. The van der Waals surface area contributed by atoms with Gasteiger partial charge in [0.1, 0.15) is 6.61 Å². The lowest BCUT2D eigenvalue weighted by atomic mass is 9.89. The average molecular weight is 340 g/mol. The molecular formula is C18H20N4OS. The molecule has 0 bridgehead atoms. The predicted octanol–water partition coefficient (Wildman–Crippen LogP) is 3.30. The molecule has 0 aliphatic carbocycles. The van der Waals surface area contributed by atoms with E-state index in [9.17, 15) is 0 Å². The fourth-order valence-corrected chi connectivity index (χ4v) is 3.52. The van der Waals surface area contributed by atoms with Gasteiger partial charge in [-0.15, -0.1) is 0 Å². The third kappa shape index (κ3) is 4.14. The van der Waals surface area contributed by atoms with Gasteiger partial charge in [0, 0.05) is 23.7 Å². The van der Waals surface area contributed by atoms with Gasteiger partial charge >= 0.3 is 0 Å². The van der Waals surface area contributed by atoms with E-state index in [1.165, 1.54) is 0 Å². The van der Waals surface area contributed by atoms with Crippen LogP contribution in [0.4, 0.5) is 0 Å². The maximum Gasteiger partial charge on any atom is 0.154 e. The highest BCUT2D eigenvalue weighted by atomic mass is 32.2. The first-order chi connectivity index (χ1) is 11.7. The lowest BCUT2D eigenvalue weighted by Gasteiger charge is -2.29. The Labute approximate surface area is 146 Å². The molecule has 24 heavy (non-hydrogen) atoms. The van der Waals surface area contributed by atoms with Crippen molar-refractivity contribution in [3.05, 3.63) is 65.5 Å². The molecule has 0 saturated carbocycles. The van der Waals surface area contributed by atoms with Crippen LogP contribution in [0.5, 0.6) is 0 Å². The molecule has 124 valence electrons. The van der Waals surface area contributed by atoms with Gasteiger partial charge in [0.15, 0.2) is 5.17 Å². The Morgan fingerprint density at radius 3 is 3.08 bits per heavy atom. The number of nitrogens with two attached hydrogens (primary N) is 1. The summed E-state index contributed by atoms with van der Waals surface area (Å²) in [6, 6.07) is 12.0.